The number of hydrogen-bond donors (Lipinski definition) is 2. The Morgan fingerprint density at radius 2 is 2.24 bits per heavy atom. The number of aryl methyl sites for hydroxylation is 2. The van der Waals surface area contributed by atoms with Crippen molar-refractivity contribution in [3.05, 3.63) is 47.5 Å². The number of piperidine rings is 1. The Balaban J connectivity index is 1.77. The average molecular weight is 343 g/mol. The van der Waals surface area contributed by atoms with Crippen molar-refractivity contribution in [3.63, 3.8) is 0 Å². The van der Waals surface area contributed by atoms with Gasteiger partial charge >= 0.3 is 0 Å². The number of benzene rings is 1. The quantitative estimate of drug-likeness (QED) is 0.893. The highest BCUT2D eigenvalue weighted by Gasteiger charge is 2.32. The summed E-state index contributed by atoms with van der Waals surface area (Å²) in [7, 11) is 1.85. The Hall–Kier alpha value is -2.34. The zero-order valence-electron chi connectivity index (χ0n) is 14.7. The second-order valence-electron chi connectivity index (χ2n) is 6.70. The monoisotopic (exact) mass is 343 g/mol. The first-order valence-corrected chi connectivity index (χ1v) is 8.77. The summed E-state index contributed by atoms with van der Waals surface area (Å²) in [5, 5.41) is 20.7. The van der Waals surface area contributed by atoms with E-state index in [2.05, 4.69) is 4.98 Å². The van der Waals surface area contributed by atoms with Crippen LogP contribution in [-0.4, -0.2) is 43.7 Å². The van der Waals surface area contributed by atoms with Crippen LogP contribution in [0.15, 0.2) is 30.6 Å². The molecular formula is C19H25N3O3. The van der Waals surface area contributed by atoms with Crippen molar-refractivity contribution < 1.29 is 15.0 Å². The second-order valence-corrected chi connectivity index (χ2v) is 6.70. The molecule has 1 amide bonds. The molecule has 2 aromatic rings. The number of carbonyl (C=O) groups excluding carboxylic acids is 1. The number of aromatic hydroxyl groups is 1. The summed E-state index contributed by atoms with van der Waals surface area (Å²) in [6, 6.07) is 5.17. The fourth-order valence-corrected chi connectivity index (χ4v) is 3.47. The number of phenols is 1. The highest BCUT2D eigenvalue weighted by atomic mass is 16.3. The molecule has 25 heavy (non-hydrogen) atoms. The molecule has 1 aromatic heterocycles. The number of aliphatic hydroxyl groups is 1. The van der Waals surface area contributed by atoms with Crippen molar-refractivity contribution in [3.8, 4) is 5.75 Å². The van der Waals surface area contributed by atoms with E-state index in [0.717, 1.165) is 24.8 Å². The molecule has 0 radical (unpaired) electrons. The van der Waals surface area contributed by atoms with Gasteiger partial charge in [0.1, 0.15) is 17.7 Å². The van der Waals surface area contributed by atoms with Gasteiger partial charge in [-0.2, -0.15) is 0 Å². The number of hydrogen-bond acceptors (Lipinski definition) is 4. The van der Waals surface area contributed by atoms with Gasteiger partial charge in [0.25, 0.3) is 5.91 Å². The Morgan fingerprint density at radius 3 is 2.92 bits per heavy atom. The maximum Gasteiger partial charge on any atom is 0.257 e. The van der Waals surface area contributed by atoms with E-state index in [-0.39, 0.29) is 17.6 Å². The number of rotatable bonds is 4. The molecule has 2 unspecified atom stereocenters. The second kappa shape index (κ2) is 7.27. The summed E-state index contributed by atoms with van der Waals surface area (Å²) in [6.45, 7) is 3.11. The minimum Gasteiger partial charge on any atom is -0.507 e. The Bertz CT molecular complexity index is 756. The van der Waals surface area contributed by atoms with E-state index in [1.165, 1.54) is 0 Å². The van der Waals surface area contributed by atoms with E-state index in [1.54, 1.807) is 29.4 Å². The first kappa shape index (κ1) is 17.5. The van der Waals surface area contributed by atoms with Gasteiger partial charge in [0.05, 0.1) is 5.56 Å². The number of nitrogens with zero attached hydrogens (tertiary/aromatic N) is 3. The van der Waals surface area contributed by atoms with Crippen LogP contribution in [0.2, 0.25) is 0 Å². The van der Waals surface area contributed by atoms with E-state index in [1.807, 2.05) is 24.6 Å². The van der Waals surface area contributed by atoms with Crippen LogP contribution in [0.5, 0.6) is 5.75 Å². The lowest BCUT2D eigenvalue weighted by Crippen LogP contribution is -2.42. The van der Waals surface area contributed by atoms with E-state index in [4.69, 9.17) is 0 Å². The molecule has 0 spiro atoms. The van der Waals surface area contributed by atoms with Gasteiger partial charge in [0.2, 0.25) is 0 Å². The van der Waals surface area contributed by atoms with Gasteiger partial charge in [-0.3, -0.25) is 4.79 Å². The van der Waals surface area contributed by atoms with Crippen LogP contribution in [0, 0.1) is 5.92 Å². The van der Waals surface area contributed by atoms with Crippen molar-refractivity contribution in [2.24, 2.45) is 13.0 Å². The van der Waals surface area contributed by atoms with Crippen molar-refractivity contribution in [1.82, 2.24) is 14.5 Å². The topological polar surface area (TPSA) is 78.6 Å². The summed E-state index contributed by atoms with van der Waals surface area (Å²) >= 11 is 0. The molecule has 2 heterocycles. The lowest BCUT2D eigenvalue weighted by molar-refractivity contribution is 0.0357. The largest absolute Gasteiger partial charge is 0.507 e. The van der Waals surface area contributed by atoms with Gasteiger partial charge in [-0.05, 0) is 37.0 Å². The smallest absolute Gasteiger partial charge is 0.257 e. The van der Waals surface area contributed by atoms with Gasteiger partial charge in [-0.25, -0.2) is 4.98 Å². The SMILES string of the molecule is CCc1ccc(O)c(C(=O)N2CCCC(C(O)c3nccn3C)C2)c1. The molecule has 0 bridgehead atoms. The van der Waals surface area contributed by atoms with Gasteiger partial charge in [0, 0.05) is 38.4 Å². The molecule has 6 nitrogen and oxygen atoms in total. The number of likely N-dealkylation sites (tertiary alicyclic amines) is 1. The normalized spacial score (nSPS) is 19.0. The molecule has 1 fully saturated rings. The van der Waals surface area contributed by atoms with Crippen molar-refractivity contribution >= 4 is 5.91 Å². The molecule has 2 N–H and O–H groups in total. The van der Waals surface area contributed by atoms with Crippen LogP contribution >= 0.6 is 0 Å². The van der Waals surface area contributed by atoms with Crippen molar-refractivity contribution in [2.45, 2.75) is 32.3 Å². The Morgan fingerprint density at radius 1 is 1.44 bits per heavy atom. The molecule has 6 heteroatoms. The Labute approximate surface area is 147 Å². The first-order valence-electron chi connectivity index (χ1n) is 8.77. The van der Waals surface area contributed by atoms with Crippen LogP contribution in [0.3, 0.4) is 0 Å². The summed E-state index contributed by atoms with van der Waals surface area (Å²) in [4.78, 5) is 18.8. The van der Waals surface area contributed by atoms with E-state index in [9.17, 15) is 15.0 Å². The number of carbonyl (C=O) groups is 1. The number of aromatic nitrogens is 2. The highest BCUT2D eigenvalue weighted by Crippen LogP contribution is 2.30. The summed E-state index contributed by atoms with van der Waals surface area (Å²) in [5.74, 6) is 0.393. The average Bonchev–Trinajstić information content (AvgIpc) is 3.07. The molecule has 134 valence electrons. The molecule has 2 atom stereocenters. The van der Waals surface area contributed by atoms with Crippen molar-refractivity contribution in [2.75, 3.05) is 13.1 Å². The van der Waals surface area contributed by atoms with E-state index in [0.29, 0.717) is 24.5 Å². The molecule has 1 aromatic carbocycles. The molecular weight excluding hydrogens is 318 g/mol. The molecule has 1 saturated heterocycles. The van der Waals surface area contributed by atoms with Crippen LogP contribution in [0.25, 0.3) is 0 Å². The van der Waals surface area contributed by atoms with Crippen LogP contribution in [-0.2, 0) is 13.5 Å². The zero-order valence-corrected chi connectivity index (χ0v) is 14.7. The fraction of sp³-hybridized carbons (Fsp3) is 0.474. The fourth-order valence-electron chi connectivity index (χ4n) is 3.47. The highest BCUT2D eigenvalue weighted by molar-refractivity contribution is 5.97. The van der Waals surface area contributed by atoms with Crippen LogP contribution < -0.4 is 0 Å². The minimum atomic E-state index is -0.703. The number of phenolic OH excluding ortho intramolecular Hbond substituents is 1. The third-order valence-corrected chi connectivity index (χ3v) is 5.01. The van der Waals surface area contributed by atoms with E-state index < -0.39 is 6.10 Å². The zero-order chi connectivity index (χ0) is 18.0. The van der Waals surface area contributed by atoms with Crippen LogP contribution in [0.4, 0.5) is 0 Å². The Kier molecular flexibility index (Phi) is 5.08. The number of aliphatic hydroxyl groups excluding tert-OH is 1. The van der Waals surface area contributed by atoms with Gasteiger partial charge in [-0.1, -0.05) is 13.0 Å². The summed E-state index contributed by atoms with van der Waals surface area (Å²) in [5.41, 5.74) is 1.36. The van der Waals surface area contributed by atoms with E-state index >= 15 is 0 Å². The number of amides is 1. The molecule has 0 saturated carbocycles. The summed E-state index contributed by atoms with van der Waals surface area (Å²) in [6.07, 6.45) is 5.24. The first-order chi connectivity index (χ1) is 12.0. The van der Waals surface area contributed by atoms with Gasteiger partial charge < -0.3 is 19.7 Å². The van der Waals surface area contributed by atoms with Gasteiger partial charge in [-0.15, -0.1) is 0 Å². The molecule has 1 aliphatic heterocycles. The standard InChI is InChI=1S/C19H25N3O3/c1-3-13-6-7-16(23)15(11-13)19(25)22-9-4-5-14(12-22)17(24)18-20-8-10-21(18)2/h6-8,10-11,14,17,23-24H,3-5,9,12H2,1-2H3. The maximum atomic E-state index is 12.9. The lowest BCUT2D eigenvalue weighted by atomic mass is 9.91. The number of imidazole rings is 1. The maximum absolute atomic E-state index is 12.9. The van der Waals surface area contributed by atoms with Gasteiger partial charge in [0.15, 0.2) is 0 Å². The minimum absolute atomic E-state index is 0.00831. The molecule has 0 aliphatic carbocycles. The summed E-state index contributed by atoms with van der Waals surface area (Å²) < 4.78 is 1.81. The predicted octanol–water partition coefficient (Wildman–Crippen LogP) is 2.27. The third kappa shape index (κ3) is 3.54. The third-order valence-electron chi connectivity index (χ3n) is 5.01. The van der Waals surface area contributed by atoms with Crippen molar-refractivity contribution in [1.29, 1.82) is 0 Å². The molecule has 3 rings (SSSR count). The van der Waals surface area contributed by atoms with Crippen LogP contribution in [0.1, 0.15) is 47.6 Å². The lowest BCUT2D eigenvalue weighted by Gasteiger charge is -2.35. The predicted molar refractivity (Wildman–Crippen MR) is 94.3 cm³/mol. The molecule has 1 aliphatic rings.